The lowest BCUT2D eigenvalue weighted by atomic mass is 9.98. The van der Waals surface area contributed by atoms with E-state index in [1.165, 1.54) is 12.1 Å². The second-order valence-electron chi connectivity index (χ2n) is 6.12. The number of benzene rings is 1. The van der Waals surface area contributed by atoms with E-state index in [0.29, 0.717) is 11.1 Å². The summed E-state index contributed by atoms with van der Waals surface area (Å²) in [6.45, 7) is 9.53. The van der Waals surface area contributed by atoms with Crippen molar-refractivity contribution in [3.05, 3.63) is 34.6 Å². The van der Waals surface area contributed by atoms with Gasteiger partial charge in [-0.15, -0.1) is 0 Å². The Morgan fingerprint density at radius 3 is 2.90 bits per heavy atom. The molecule has 20 heavy (non-hydrogen) atoms. The summed E-state index contributed by atoms with van der Waals surface area (Å²) in [4.78, 5) is 2.45. The average Bonchev–Trinajstić information content (AvgIpc) is 2.54. The van der Waals surface area contributed by atoms with Crippen LogP contribution in [-0.4, -0.2) is 29.6 Å². The first-order chi connectivity index (χ1) is 9.43. The van der Waals surface area contributed by atoms with Crippen LogP contribution in [0.25, 0.3) is 0 Å². The summed E-state index contributed by atoms with van der Waals surface area (Å²) in [5.74, 6) is -0.275. The van der Waals surface area contributed by atoms with Gasteiger partial charge < -0.3 is 5.32 Å². The Morgan fingerprint density at radius 2 is 2.25 bits per heavy atom. The van der Waals surface area contributed by atoms with Crippen molar-refractivity contribution in [3.63, 3.8) is 0 Å². The Morgan fingerprint density at radius 1 is 1.50 bits per heavy atom. The molecule has 0 saturated carbocycles. The van der Waals surface area contributed by atoms with Gasteiger partial charge in [0.15, 0.2) is 0 Å². The first-order valence-electron chi connectivity index (χ1n) is 7.36. The topological polar surface area (TPSA) is 15.3 Å². The average molecular weight is 299 g/mol. The molecule has 1 aliphatic heterocycles. The molecule has 1 aromatic carbocycles. The van der Waals surface area contributed by atoms with E-state index in [2.05, 4.69) is 31.0 Å². The van der Waals surface area contributed by atoms with Crippen LogP contribution in [0.2, 0.25) is 5.02 Å². The molecule has 0 aromatic heterocycles. The number of nitrogens with one attached hydrogen (secondary N) is 1. The summed E-state index contributed by atoms with van der Waals surface area (Å²) >= 11 is 6.16. The van der Waals surface area contributed by atoms with Crippen LogP contribution in [0, 0.1) is 5.82 Å². The summed E-state index contributed by atoms with van der Waals surface area (Å²) in [6.07, 6.45) is 2.21. The summed E-state index contributed by atoms with van der Waals surface area (Å²) in [5, 5.41) is 4.16. The zero-order valence-electron chi connectivity index (χ0n) is 12.5. The van der Waals surface area contributed by atoms with Gasteiger partial charge in [-0.2, -0.15) is 0 Å². The minimum Gasteiger partial charge on any atom is -0.310 e. The molecule has 112 valence electrons. The molecule has 0 spiro atoms. The molecule has 0 bridgehead atoms. The molecule has 1 N–H and O–H groups in total. The Kier molecular flexibility index (Phi) is 5.05. The largest absolute Gasteiger partial charge is 0.310 e. The molecule has 0 aliphatic carbocycles. The minimum absolute atomic E-state index is 0.136. The quantitative estimate of drug-likeness (QED) is 0.912. The molecule has 1 aliphatic rings. The SMILES string of the molecule is CCC1(C)CN(Cc2ccc(F)cc2Cl)C(C)CCN1. The monoisotopic (exact) mass is 298 g/mol. The highest BCUT2D eigenvalue weighted by molar-refractivity contribution is 6.31. The van der Waals surface area contributed by atoms with E-state index in [4.69, 9.17) is 11.6 Å². The maximum Gasteiger partial charge on any atom is 0.124 e. The number of rotatable bonds is 3. The van der Waals surface area contributed by atoms with Gasteiger partial charge in [0.1, 0.15) is 5.82 Å². The second-order valence-corrected chi connectivity index (χ2v) is 6.53. The molecule has 4 heteroatoms. The van der Waals surface area contributed by atoms with Crippen molar-refractivity contribution in [3.8, 4) is 0 Å². The Labute approximate surface area is 126 Å². The van der Waals surface area contributed by atoms with E-state index in [0.717, 1.165) is 38.0 Å². The van der Waals surface area contributed by atoms with Gasteiger partial charge in [-0.3, -0.25) is 4.90 Å². The van der Waals surface area contributed by atoms with E-state index in [1.54, 1.807) is 6.07 Å². The summed E-state index contributed by atoms with van der Waals surface area (Å²) in [7, 11) is 0. The van der Waals surface area contributed by atoms with Gasteiger partial charge >= 0.3 is 0 Å². The summed E-state index contributed by atoms with van der Waals surface area (Å²) in [6, 6.07) is 5.18. The molecule has 2 unspecified atom stereocenters. The highest BCUT2D eigenvalue weighted by Crippen LogP contribution is 2.24. The predicted octanol–water partition coefficient (Wildman–Crippen LogP) is 3.83. The first kappa shape index (κ1) is 15.7. The Bertz CT molecular complexity index is 466. The molecule has 0 amide bonds. The van der Waals surface area contributed by atoms with Gasteiger partial charge in [0.2, 0.25) is 0 Å². The third-order valence-corrected chi connectivity index (χ3v) is 4.81. The van der Waals surface area contributed by atoms with Gasteiger partial charge in [0, 0.05) is 29.7 Å². The van der Waals surface area contributed by atoms with Crippen LogP contribution in [0.1, 0.15) is 39.2 Å². The fraction of sp³-hybridized carbons (Fsp3) is 0.625. The van der Waals surface area contributed by atoms with Gasteiger partial charge in [0.05, 0.1) is 0 Å². The number of nitrogens with zero attached hydrogens (tertiary/aromatic N) is 1. The van der Waals surface area contributed by atoms with Crippen LogP contribution < -0.4 is 5.32 Å². The second kappa shape index (κ2) is 6.42. The van der Waals surface area contributed by atoms with Crippen molar-refractivity contribution >= 4 is 11.6 Å². The molecule has 2 atom stereocenters. The van der Waals surface area contributed by atoms with Crippen LogP contribution in [0.5, 0.6) is 0 Å². The minimum atomic E-state index is -0.275. The Hall–Kier alpha value is -0.640. The lowest BCUT2D eigenvalue weighted by Crippen LogP contribution is -2.49. The third kappa shape index (κ3) is 3.72. The highest BCUT2D eigenvalue weighted by atomic mass is 35.5. The van der Waals surface area contributed by atoms with Gasteiger partial charge in [-0.05, 0) is 50.9 Å². The lowest BCUT2D eigenvalue weighted by Gasteiger charge is -2.35. The molecule has 1 heterocycles. The zero-order chi connectivity index (χ0) is 14.8. The van der Waals surface area contributed by atoms with E-state index >= 15 is 0 Å². The van der Waals surface area contributed by atoms with Crippen molar-refractivity contribution < 1.29 is 4.39 Å². The maximum atomic E-state index is 13.1. The van der Waals surface area contributed by atoms with Crippen molar-refractivity contribution in [1.82, 2.24) is 10.2 Å². The van der Waals surface area contributed by atoms with E-state index in [1.807, 2.05) is 0 Å². The third-order valence-electron chi connectivity index (χ3n) is 4.46. The zero-order valence-corrected chi connectivity index (χ0v) is 13.3. The summed E-state index contributed by atoms with van der Waals surface area (Å²) in [5.41, 5.74) is 1.14. The van der Waals surface area contributed by atoms with Gasteiger partial charge in [-0.25, -0.2) is 4.39 Å². The standard InChI is InChI=1S/C16H24ClFN2/c1-4-16(3)11-20(12(2)7-8-19-16)10-13-5-6-14(18)9-15(13)17/h5-6,9,12,19H,4,7-8,10-11H2,1-3H3. The van der Waals surface area contributed by atoms with Crippen molar-refractivity contribution in [2.24, 2.45) is 0 Å². The van der Waals surface area contributed by atoms with E-state index in [-0.39, 0.29) is 11.4 Å². The van der Waals surface area contributed by atoms with E-state index < -0.39 is 0 Å². The molecule has 2 nitrogen and oxygen atoms in total. The molecule has 0 radical (unpaired) electrons. The molecule has 2 rings (SSSR count). The first-order valence-corrected chi connectivity index (χ1v) is 7.74. The normalized spacial score (nSPS) is 28.4. The molecular formula is C16H24ClFN2. The number of hydrogen-bond acceptors (Lipinski definition) is 2. The molecule has 1 aromatic rings. The van der Waals surface area contributed by atoms with Crippen molar-refractivity contribution in [2.75, 3.05) is 13.1 Å². The number of hydrogen-bond donors (Lipinski definition) is 1. The van der Waals surface area contributed by atoms with Crippen LogP contribution >= 0.6 is 11.6 Å². The fourth-order valence-corrected chi connectivity index (χ4v) is 2.97. The molecule has 1 fully saturated rings. The maximum absolute atomic E-state index is 13.1. The number of halogens is 2. The van der Waals surface area contributed by atoms with Crippen LogP contribution in [0.3, 0.4) is 0 Å². The van der Waals surface area contributed by atoms with Crippen molar-refractivity contribution in [1.29, 1.82) is 0 Å². The van der Waals surface area contributed by atoms with E-state index in [9.17, 15) is 4.39 Å². The fourth-order valence-electron chi connectivity index (χ4n) is 2.74. The van der Waals surface area contributed by atoms with Crippen molar-refractivity contribution in [2.45, 2.75) is 51.7 Å². The smallest absolute Gasteiger partial charge is 0.124 e. The van der Waals surface area contributed by atoms with Crippen LogP contribution in [0.4, 0.5) is 4.39 Å². The highest BCUT2D eigenvalue weighted by Gasteiger charge is 2.30. The van der Waals surface area contributed by atoms with Gasteiger partial charge in [0.25, 0.3) is 0 Å². The predicted molar refractivity (Wildman–Crippen MR) is 82.6 cm³/mol. The lowest BCUT2D eigenvalue weighted by molar-refractivity contribution is 0.163. The molecular weight excluding hydrogens is 275 g/mol. The van der Waals surface area contributed by atoms with Gasteiger partial charge in [-0.1, -0.05) is 24.6 Å². The van der Waals surface area contributed by atoms with Crippen LogP contribution in [-0.2, 0) is 6.54 Å². The summed E-state index contributed by atoms with van der Waals surface area (Å²) < 4.78 is 13.1. The van der Waals surface area contributed by atoms with Crippen LogP contribution in [0.15, 0.2) is 18.2 Å². The Balaban J connectivity index is 2.16. The molecule has 1 saturated heterocycles.